The third-order valence-corrected chi connectivity index (χ3v) is 17.4. The summed E-state index contributed by atoms with van der Waals surface area (Å²) < 4.78 is 51.8. The molecule has 0 radical (unpaired) electrons. The van der Waals surface area contributed by atoms with Gasteiger partial charge in [0.2, 0.25) is 23.3 Å². The van der Waals surface area contributed by atoms with Crippen LogP contribution >= 0.6 is 34.8 Å². The number of pyridine rings is 11. The molecule has 0 atom stereocenters. The molecule has 13 N–H and O–H groups in total. The zero-order valence-electron chi connectivity index (χ0n) is 74.9. The van der Waals surface area contributed by atoms with Crippen molar-refractivity contribution in [2.75, 3.05) is 96.9 Å². The van der Waals surface area contributed by atoms with Crippen LogP contribution in [-0.4, -0.2) is 218 Å². The molecule has 0 fully saturated rings. The molecule has 0 unspecified atom stereocenters. The third kappa shape index (κ3) is 27.1. The molecule has 15 heterocycles. The summed E-state index contributed by atoms with van der Waals surface area (Å²) in [7, 11) is 17.2. The largest absolute Gasteiger partial charge is 0.494 e. The fourth-order valence-electron chi connectivity index (χ4n) is 10.8. The Hall–Kier alpha value is -17.2. The second-order valence-corrected chi connectivity index (χ2v) is 26.6. The summed E-state index contributed by atoms with van der Waals surface area (Å²) in [6.45, 7) is 5.07. The van der Waals surface area contributed by atoms with E-state index in [4.69, 9.17) is 95.1 Å². The number of anilines is 9. The highest BCUT2D eigenvalue weighted by atomic mass is 35.5. The molecule has 0 bridgehead atoms. The van der Waals surface area contributed by atoms with Gasteiger partial charge in [0.1, 0.15) is 39.9 Å². The Bertz CT molecular complexity index is 6480. The molecule has 15 aromatic heterocycles. The van der Waals surface area contributed by atoms with Crippen LogP contribution in [0.5, 0.6) is 34.5 Å². The number of amides is 3. The SMILES string of the molecule is CNC(=O)c1cnc(Cl)cc1Nc1nccc(-c2nnn(C)n2)c1OC.CNC(=O)c1cnc(Nc2cc(C)ccn2)cc1Nc1nccc(-c2nnn(C)n2)c1OC.COc1c(-c2nn[nH]n2)ccnc1C.COc1c(-c2nnn(C)n2)ccnc1N.COc1c(C#N)ccnc1C.COc1c(C#N)ccnc1N.Cc1ccnc(N)c1.[2H]C([2H])([2H])NC(=O)c1cnc(Cl)cc1Cl. The maximum Gasteiger partial charge on any atom is 0.254 e. The smallest absolute Gasteiger partial charge is 0.254 e. The zero-order chi connectivity index (χ0) is 97.0. The first-order chi connectivity index (χ1) is 63.7. The van der Waals surface area contributed by atoms with Crippen molar-refractivity contribution in [1.82, 2.24) is 152 Å². The number of halogens is 3. The van der Waals surface area contributed by atoms with Crippen molar-refractivity contribution < 1.29 is 46.9 Å². The summed E-state index contributed by atoms with van der Waals surface area (Å²) in [5.74, 6) is 6.14. The van der Waals surface area contributed by atoms with Gasteiger partial charge in [-0.25, -0.2) is 44.9 Å². The van der Waals surface area contributed by atoms with Crippen LogP contribution in [0.25, 0.3) is 45.6 Å². The number of nitrogens with two attached hydrogens (primary N) is 3. The van der Waals surface area contributed by atoms with E-state index in [-0.39, 0.29) is 38.5 Å². The van der Waals surface area contributed by atoms with E-state index < -0.39 is 12.9 Å². The average Bonchev–Trinajstić information content (AvgIpc) is 1.77. The monoisotopic (exact) mass is 1830 g/mol. The Labute approximate surface area is 760 Å². The quantitative estimate of drug-likeness (QED) is 0.0338. The number of hydrogen-bond donors (Lipinski definition) is 10. The second kappa shape index (κ2) is 48.7. The number of ether oxygens (including phenoxy) is 6. The number of hydrogen-bond acceptors (Lipinski definition) is 40. The number of rotatable bonds is 19. The number of H-pyrrole nitrogens is 1. The van der Waals surface area contributed by atoms with Crippen LogP contribution in [0, 0.1) is 50.4 Å². The number of aryl methyl sites for hydroxylation is 7. The summed E-state index contributed by atoms with van der Waals surface area (Å²) in [6, 6.07) is 26.1. The molecule has 0 saturated carbocycles. The Kier molecular flexibility index (Phi) is 35.0. The van der Waals surface area contributed by atoms with Gasteiger partial charge in [-0.1, -0.05) is 34.8 Å². The summed E-state index contributed by atoms with van der Waals surface area (Å²) in [4.78, 5) is 84.4. The van der Waals surface area contributed by atoms with Crippen molar-refractivity contribution in [2.24, 2.45) is 21.1 Å². The maximum atomic E-state index is 12.5. The number of carbonyl (C=O) groups excluding carboxylic acids is 3. The topological polar surface area (TPSA) is 631 Å². The van der Waals surface area contributed by atoms with Gasteiger partial charge in [0.05, 0.1) is 142 Å². The molecule has 0 aliphatic carbocycles. The fourth-order valence-corrected chi connectivity index (χ4v) is 11.4. The molecule has 0 aliphatic heterocycles. The van der Waals surface area contributed by atoms with E-state index in [0.717, 1.165) is 34.3 Å². The fraction of sp³-hybridized carbons (Fsp3) is 0.200. The number of aromatic nitrogens is 27. The number of carbonyl (C=O) groups is 3. The van der Waals surface area contributed by atoms with Crippen molar-refractivity contribution in [1.29, 1.82) is 10.5 Å². The van der Waals surface area contributed by atoms with Crippen LogP contribution in [0.4, 0.5) is 52.1 Å². The van der Waals surface area contributed by atoms with Crippen LogP contribution < -0.4 is 77.5 Å². The lowest BCUT2D eigenvalue weighted by Gasteiger charge is -2.16. The van der Waals surface area contributed by atoms with Crippen molar-refractivity contribution in [3.05, 3.63) is 213 Å². The van der Waals surface area contributed by atoms with Crippen molar-refractivity contribution in [3.63, 3.8) is 0 Å². The highest BCUT2D eigenvalue weighted by Gasteiger charge is 2.23. The first kappa shape index (κ1) is 93.5. The van der Waals surface area contributed by atoms with Crippen molar-refractivity contribution >= 4 is 105 Å². The number of nitrogens with one attached hydrogen (secondary N) is 7. The molecule has 15 aromatic rings. The van der Waals surface area contributed by atoms with Gasteiger partial charge in [-0.2, -0.15) is 30.1 Å². The van der Waals surface area contributed by atoms with E-state index in [9.17, 15) is 14.4 Å². The zero-order valence-corrected chi connectivity index (χ0v) is 74.2. The summed E-state index contributed by atoms with van der Waals surface area (Å²) in [5.41, 5.74) is 25.3. The van der Waals surface area contributed by atoms with Gasteiger partial charge in [-0.05, 0) is 132 Å². The molecule has 15 rings (SSSR count). The number of aromatic amines is 1. The van der Waals surface area contributed by atoms with Crippen molar-refractivity contribution in [2.45, 2.75) is 27.7 Å². The third-order valence-electron chi connectivity index (χ3n) is 16.6. The van der Waals surface area contributed by atoms with E-state index in [0.29, 0.717) is 143 Å². The number of nitriles is 2. The Balaban J connectivity index is 0.000000195. The van der Waals surface area contributed by atoms with E-state index in [1.165, 1.54) is 87.7 Å². The van der Waals surface area contributed by atoms with Gasteiger partial charge in [0, 0.05) is 99.4 Å². The predicted molar refractivity (Wildman–Crippen MR) is 479 cm³/mol. The molecule has 47 nitrogen and oxygen atoms in total. The first-order valence-corrected chi connectivity index (χ1v) is 38.4. The van der Waals surface area contributed by atoms with Gasteiger partial charge >= 0.3 is 0 Å². The number of nitrogen functional groups attached to an aromatic ring is 3. The minimum Gasteiger partial charge on any atom is -0.494 e. The molecule has 3 amide bonds. The molecule has 670 valence electrons. The lowest BCUT2D eigenvalue weighted by atomic mass is 10.2. The highest BCUT2D eigenvalue weighted by molar-refractivity contribution is 6.36. The molecule has 0 aliphatic rings. The number of nitrogens with zero attached hydrogens (tertiary/aromatic N) is 28. The van der Waals surface area contributed by atoms with Gasteiger partial charge in [-0.15, -0.1) is 40.8 Å². The second-order valence-electron chi connectivity index (χ2n) is 25.4. The molecular weight excluding hydrogens is 1740 g/mol. The minimum absolute atomic E-state index is 0.0304. The van der Waals surface area contributed by atoms with Gasteiger partial charge in [0.25, 0.3) is 17.7 Å². The van der Waals surface area contributed by atoms with Crippen LogP contribution in [0.15, 0.2) is 147 Å². The molecule has 0 saturated heterocycles. The standard InChI is InChI=1S/C21H22N10O2.C15H15ClN8O2.C8H10N6O.C8H9N5O.C8H8N2O.C7H6Cl2N2O.C7H7N3O.C6H8N2/c1-12-5-7-23-16(9-12)27-17-10-15(14(11-25-17)21(32)22-2)26-20-18(33-4)13(6-8-24-20)19-28-30-31(3)29-19;1-17-15(25)9-7-19-11(16)6-10(9)20-14-12(26-3)8(4-5-18-14)13-21-23-24(2)22-13;1-14-12-8(11-13-14)5-3-4-10-7(9)6(5)15-2;1-5-7(14-2)6(3-4-9-5)8-10-12-13-11-8;1-6-8(11-2)7(5-9)3-4-10-6;1-10-7(12)4-3-11-6(9)2-5(4)8;1-11-6-5(4-8)2-3-10-7(6)9;1-5-2-3-8-6(7)4-5/h5-11H,1-4H3,(H,22,32)(H2,23,24,25,26,27);4-7H,1-3H3,(H,17,25)(H,18,19,20);3-4H,1-2H3,(H2,9,10);3-4H,1-2H3,(H,10,11,12,13);3-4H,1-2H3;2-3H,1H3,(H,10,12);2-3H,1H3,(H2,9,10);2-4H,1H3,(H2,7,8)/i;;;;;1D3;;. The van der Waals surface area contributed by atoms with Crippen LogP contribution in [0.1, 0.15) is 68.8 Å². The average molecular weight is 1830 g/mol. The Morgan fingerprint density at radius 3 is 1.27 bits per heavy atom. The van der Waals surface area contributed by atoms with Crippen LogP contribution in [0.3, 0.4) is 0 Å². The van der Waals surface area contributed by atoms with E-state index in [1.807, 2.05) is 57.2 Å². The van der Waals surface area contributed by atoms with Crippen molar-refractivity contribution in [3.8, 4) is 92.2 Å². The van der Waals surface area contributed by atoms with E-state index in [1.54, 1.807) is 133 Å². The van der Waals surface area contributed by atoms with Gasteiger partial charge in [-0.3, -0.25) is 24.4 Å². The number of methoxy groups -OCH3 is 6. The lowest BCUT2D eigenvalue weighted by Crippen LogP contribution is -2.20. The van der Waals surface area contributed by atoms with Gasteiger partial charge < -0.3 is 77.5 Å². The maximum absolute atomic E-state index is 12.5. The first-order valence-electron chi connectivity index (χ1n) is 38.8. The Morgan fingerprint density at radius 2 is 0.838 bits per heavy atom. The lowest BCUT2D eigenvalue weighted by molar-refractivity contribution is 0.0955. The Morgan fingerprint density at radius 1 is 0.431 bits per heavy atom. The summed E-state index contributed by atoms with van der Waals surface area (Å²) in [6.07, 6.45) is 16.8. The molecule has 130 heavy (non-hydrogen) atoms. The van der Waals surface area contributed by atoms with E-state index in [2.05, 4.69) is 148 Å². The summed E-state index contributed by atoms with van der Waals surface area (Å²) >= 11 is 17.2. The van der Waals surface area contributed by atoms with Crippen LogP contribution in [-0.2, 0) is 21.1 Å². The predicted octanol–water partition coefficient (Wildman–Crippen LogP) is 8.63. The van der Waals surface area contributed by atoms with Gasteiger partial charge in [0.15, 0.2) is 57.8 Å². The molecular formula is C80H85Cl3N38O9. The molecule has 0 spiro atoms. The highest BCUT2D eigenvalue weighted by Crippen LogP contribution is 2.39. The minimum atomic E-state index is -2.56. The number of tetrazole rings is 4. The normalized spacial score (nSPS) is 10.4. The molecule has 0 aromatic carbocycles. The van der Waals surface area contributed by atoms with Crippen LogP contribution in [0.2, 0.25) is 15.3 Å². The molecule has 50 heteroatoms. The summed E-state index contributed by atoms with van der Waals surface area (Å²) in [5, 5.41) is 83.4. The van der Waals surface area contributed by atoms with E-state index >= 15 is 0 Å².